The fraction of sp³-hybridized carbons (Fsp3) is 0.429. The highest BCUT2D eigenvalue weighted by Gasteiger charge is 2.23. The van der Waals surface area contributed by atoms with E-state index in [1.165, 1.54) is 11.4 Å². The van der Waals surface area contributed by atoms with Gasteiger partial charge in [-0.1, -0.05) is 19.1 Å². The summed E-state index contributed by atoms with van der Waals surface area (Å²) in [6.45, 7) is 11.0. The van der Waals surface area contributed by atoms with Crippen molar-refractivity contribution in [1.29, 1.82) is 0 Å². The van der Waals surface area contributed by atoms with Crippen LogP contribution in [-0.4, -0.2) is 95.1 Å². The van der Waals surface area contributed by atoms with E-state index >= 15 is 0 Å². The Morgan fingerprint density at radius 2 is 1.20 bits per heavy atom. The molecule has 3 aliphatic rings. The lowest BCUT2D eigenvalue weighted by atomic mass is 10.0. The summed E-state index contributed by atoms with van der Waals surface area (Å²) in [5.41, 5.74) is 6.56. The molecule has 0 radical (unpaired) electrons. The number of hydrogen-bond acceptors (Lipinski definition) is 7. The SMILES string of the molecule is CCNC1CCN(C(=O)c2ccc(NC(=O)Nc3ccc(-c4cc(N5CCOCC5)cc(N5CCOCC5)c4)cc3)cc2)CC1. The van der Waals surface area contributed by atoms with Crippen molar-refractivity contribution in [3.05, 3.63) is 72.3 Å². The van der Waals surface area contributed by atoms with E-state index in [1.807, 2.05) is 29.2 Å². The molecule has 3 amide bonds. The lowest BCUT2D eigenvalue weighted by Gasteiger charge is -2.33. The van der Waals surface area contributed by atoms with Crippen molar-refractivity contribution in [2.24, 2.45) is 0 Å². The molecule has 0 saturated carbocycles. The van der Waals surface area contributed by atoms with E-state index in [4.69, 9.17) is 9.47 Å². The van der Waals surface area contributed by atoms with Gasteiger partial charge in [0.1, 0.15) is 0 Å². The fourth-order valence-corrected chi connectivity index (χ4v) is 6.26. The maximum Gasteiger partial charge on any atom is 0.323 e. The lowest BCUT2D eigenvalue weighted by Crippen LogP contribution is -2.44. The molecule has 45 heavy (non-hydrogen) atoms. The molecule has 10 heteroatoms. The molecule has 6 rings (SSSR count). The van der Waals surface area contributed by atoms with E-state index in [9.17, 15) is 9.59 Å². The van der Waals surface area contributed by atoms with Crippen LogP contribution in [0.4, 0.5) is 27.5 Å². The highest BCUT2D eigenvalue weighted by molar-refractivity contribution is 6.00. The summed E-state index contributed by atoms with van der Waals surface area (Å²) in [6.07, 6.45) is 1.94. The minimum absolute atomic E-state index is 0.0357. The first-order valence-corrected chi connectivity index (χ1v) is 16.2. The van der Waals surface area contributed by atoms with Gasteiger partial charge in [0.05, 0.1) is 26.4 Å². The second kappa shape index (κ2) is 14.8. The number of nitrogens with one attached hydrogen (secondary N) is 3. The first kappa shape index (κ1) is 30.9. The van der Waals surface area contributed by atoms with Crippen LogP contribution in [-0.2, 0) is 9.47 Å². The van der Waals surface area contributed by atoms with Crippen LogP contribution in [0, 0.1) is 0 Å². The molecule has 3 aromatic carbocycles. The summed E-state index contributed by atoms with van der Waals surface area (Å²) in [5.74, 6) is 0.0357. The summed E-state index contributed by atoms with van der Waals surface area (Å²) < 4.78 is 11.2. The zero-order valence-electron chi connectivity index (χ0n) is 26.1. The van der Waals surface area contributed by atoms with Crippen molar-refractivity contribution < 1.29 is 19.1 Å². The summed E-state index contributed by atoms with van der Waals surface area (Å²) in [5, 5.41) is 9.27. The Hall–Kier alpha value is -4.12. The molecular formula is C35H44N6O4. The van der Waals surface area contributed by atoms with Crippen LogP contribution < -0.4 is 25.8 Å². The minimum atomic E-state index is -0.337. The van der Waals surface area contributed by atoms with Gasteiger partial charge in [-0.15, -0.1) is 0 Å². The van der Waals surface area contributed by atoms with Crippen LogP contribution >= 0.6 is 0 Å². The first-order valence-electron chi connectivity index (χ1n) is 16.2. The maximum atomic E-state index is 13.0. The molecule has 0 aliphatic carbocycles. The largest absolute Gasteiger partial charge is 0.378 e. The predicted octanol–water partition coefficient (Wildman–Crippen LogP) is 4.88. The number of nitrogens with zero attached hydrogens (tertiary/aromatic N) is 3. The Kier molecular flexibility index (Phi) is 10.1. The number of hydrogen-bond donors (Lipinski definition) is 3. The molecule has 0 spiro atoms. The van der Waals surface area contributed by atoms with E-state index in [1.54, 1.807) is 24.3 Å². The molecule has 3 heterocycles. The number of carbonyl (C=O) groups excluding carboxylic acids is 2. The zero-order valence-corrected chi connectivity index (χ0v) is 26.1. The van der Waals surface area contributed by atoms with Crippen molar-refractivity contribution in [3.8, 4) is 11.1 Å². The molecule has 0 atom stereocenters. The van der Waals surface area contributed by atoms with Crippen LogP contribution in [0.2, 0.25) is 0 Å². The number of benzene rings is 3. The van der Waals surface area contributed by atoms with Crippen molar-refractivity contribution >= 4 is 34.7 Å². The van der Waals surface area contributed by atoms with Gasteiger partial charge in [0.25, 0.3) is 5.91 Å². The van der Waals surface area contributed by atoms with Crippen molar-refractivity contribution in [2.75, 3.05) is 92.7 Å². The van der Waals surface area contributed by atoms with Gasteiger partial charge < -0.3 is 40.1 Å². The van der Waals surface area contributed by atoms with E-state index in [0.29, 0.717) is 23.0 Å². The number of amides is 3. The molecule has 3 aliphatic heterocycles. The molecule has 3 fully saturated rings. The molecule has 10 nitrogen and oxygen atoms in total. The zero-order chi connectivity index (χ0) is 31.0. The summed E-state index contributed by atoms with van der Waals surface area (Å²) in [4.78, 5) is 32.4. The van der Waals surface area contributed by atoms with Crippen LogP contribution in [0.25, 0.3) is 11.1 Å². The molecule has 0 bridgehead atoms. The van der Waals surface area contributed by atoms with Gasteiger partial charge in [-0.3, -0.25) is 4.79 Å². The Labute approximate surface area is 265 Å². The third-order valence-corrected chi connectivity index (χ3v) is 8.80. The highest BCUT2D eigenvalue weighted by atomic mass is 16.5. The number of piperidine rings is 1. The topological polar surface area (TPSA) is 98.4 Å². The molecule has 3 aromatic rings. The van der Waals surface area contributed by atoms with Crippen molar-refractivity contribution in [2.45, 2.75) is 25.8 Å². The Bertz CT molecular complexity index is 1390. The molecule has 0 aromatic heterocycles. The molecule has 0 unspecified atom stereocenters. The van der Waals surface area contributed by atoms with E-state index < -0.39 is 0 Å². The van der Waals surface area contributed by atoms with Gasteiger partial charge in [-0.25, -0.2) is 4.79 Å². The van der Waals surface area contributed by atoms with Crippen LogP contribution in [0.15, 0.2) is 66.7 Å². The van der Waals surface area contributed by atoms with Gasteiger partial charge in [0.2, 0.25) is 0 Å². The summed E-state index contributed by atoms with van der Waals surface area (Å²) >= 11 is 0. The quantitative estimate of drug-likeness (QED) is 0.334. The van der Waals surface area contributed by atoms with Gasteiger partial charge >= 0.3 is 6.03 Å². The molecule has 238 valence electrons. The number of likely N-dealkylation sites (tertiary alicyclic amines) is 1. The van der Waals surface area contributed by atoms with Gasteiger partial charge in [-0.2, -0.15) is 0 Å². The number of ether oxygens (including phenoxy) is 2. The van der Waals surface area contributed by atoms with Crippen LogP contribution in [0.1, 0.15) is 30.1 Å². The third-order valence-electron chi connectivity index (χ3n) is 8.80. The Morgan fingerprint density at radius 3 is 1.71 bits per heavy atom. The molecule has 3 N–H and O–H groups in total. The smallest absolute Gasteiger partial charge is 0.323 e. The number of carbonyl (C=O) groups is 2. The predicted molar refractivity (Wildman–Crippen MR) is 180 cm³/mol. The number of urea groups is 1. The Balaban J connectivity index is 1.07. The highest BCUT2D eigenvalue weighted by Crippen LogP contribution is 2.33. The standard InChI is InChI=1S/C35H44N6O4/c1-2-36-29-11-13-41(14-12-29)34(42)27-5-9-31(10-6-27)38-35(43)37-30-7-3-26(4-8-30)28-23-32(39-15-19-44-20-16-39)25-33(24-28)40-17-21-45-22-18-40/h3-10,23-25,29,36H,2,11-22H2,1H3,(H2,37,38,43). The minimum Gasteiger partial charge on any atom is -0.378 e. The van der Waals surface area contributed by atoms with Crippen molar-refractivity contribution in [3.63, 3.8) is 0 Å². The lowest BCUT2D eigenvalue weighted by molar-refractivity contribution is 0.0706. The average Bonchev–Trinajstić information content (AvgIpc) is 3.10. The molecule has 3 saturated heterocycles. The van der Waals surface area contributed by atoms with E-state index in [0.717, 1.165) is 96.2 Å². The van der Waals surface area contributed by atoms with Gasteiger partial charge in [0, 0.05) is 73.6 Å². The van der Waals surface area contributed by atoms with Gasteiger partial charge in [0.15, 0.2) is 0 Å². The van der Waals surface area contributed by atoms with E-state index in [2.05, 4.69) is 50.9 Å². The fourth-order valence-electron chi connectivity index (χ4n) is 6.26. The summed E-state index contributed by atoms with van der Waals surface area (Å²) in [7, 11) is 0. The third kappa shape index (κ3) is 7.94. The van der Waals surface area contributed by atoms with Crippen LogP contribution in [0.5, 0.6) is 0 Å². The van der Waals surface area contributed by atoms with Gasteiger partial charge in [-0.05, 0) is 85.1 Å². The number of rotatable bonds is 8. The summed E-state index contributed by atoms with van der Waals surface area (Å²) in [6, 6.07) is 21.9. The first-order chi connectivity index (χ1) is 22.1. The Morgan fingerprint density at radius 1 is 0.689 bits per heavy atom. The number of anilines is 4. The monoisotopic (exact) mass is 612 g/mol. The maximum absolute atomic E-state index is 13.0. The molecular weight excluding hydrogens is 568 g/mol. The van der Waals surface area contributed by atoms with E-state index in [-0.39, 0.29) is 11.9 Å². The van der Waals surface area contributed by atoms with Crippen molar-refractivity contribution in [1.82, 2.24) is 10.2 Å². The number of morpholine rings is 2. The second-order valence-corrected chi connectivity index (χ2v) is 11.8. The normalized spacial score (nSPS) is 17.7. The second-order valence-electron chi connectivity index (χ2n) is 11.8. The van der Waals surface area contributed by atoms with Crippen LogP contribution in [0.3, 0.4) is 0 Å². The average molecular weight is 613 g/mol.